The lowest BCUT2D eigenvalue weighted by Gasteiger charge is -2.21. The van der Waals surface area contributed by atoms with Crippen LogP contribution >= 0.6 is 11.8 Å². The van der Waals surface area contributed by atoms with Gasteiger partial charge in [0.25, 0.3) is 0 Å². The third-order valence-corrected chi connectivity index (χ3v) is 4.45. The van der Waals surface area contributed by atoms with Crippen molar-refractivity contribution in [3.8, 4) is 0 Å². The van der Waals surface area contributed by atoms with Crippen LogP contribution in [0.15, 0.2) is 12.5 Å². The second-order valence-corrected chi connectivity index (χ2v) is 6.49. The second kappa shape index (κ2) is 6.45. The van der Waals surface area contributed by atoms with Crippen LogP contribution in [0.25, 0.3) is 0 Å². The van der Waals surface area contributed by atoms with E-state index in [-0.39, 0.29) is 0 Å². The van der Waals surface area contributed by atoms with Crippen LogP contribution < -0.4 is 5.32 Å². The third-order valence-electron chi connectivity index (χ3n) is 3.07. The average molecular weight is 253 g/mol. The second-order valence-electron chi connectivity index (χ2n) is 5.09. The van der Waals surface area contributed by atoms with Crippen molar-refractivity contribution in [1.82, 2.24) is 14.9 Å². The van der Waals surface area contributed by atoms with Crippen molar-refractivity contribution < 1.29 is 0 Å². The van der Waals surface area contributed by atoms with Crippen molar-refractivity contribution in [3.05, 3.63) is 18.2 Å². The summed E-state index contributed by atoms with van der Waals surface area (Å²) in [5.74, 6) is 1.33. The summed E-state index contributed by atoms with van der Waals surface area (Å²) in [5.41, 5.74) is 1.15. The lowest BCUT2D eigenvalue weighted by atomic mass is 10.2. The fourth-order valence-corrected chi connectivity index (χ4v) is 3.41. The van der Waals surface area contributed by atoms with E-state index in [2.05, 4.69) is 46.7 Å². The van der Waals surface area contributed by atoms with Gasteiger partial charge in [0.2, 0.25) is 0 Å². The molecule has 0 amide bonds. The Morgan fingerprint density at radius 1 is 1.53 bits per heavy atom. The van der Waals surface area contributed by atoms with Gasteiger partial charge in [-0.25, -0.2) is 4.98 Å². The first kappa shape index (κ1) is 13.0. The van der Waals surface area contributed by atoms with Gasteiger partial charge in [-0.1, -0.05) is 20.3 Å². The molecule has 1 N–H and O–H groups in total. The first-order valence-corrected chi connectivity index (χ1v) is 7.64. The summed E-state index contributed by atoms with van der Waals surface area (Å²) < 4.78 is 2.25. The summed E-state index contributed by atoms with van der Waals surface area (Å²) in [6.45, 7) is 6.33. The van der Waals surface area contributed by atoms with Crippen LogP contribution in [0.3, 0.4) is 0 Å². The number of imidazole rings is 1. The van der Waals surface area contributed by atoms with Crippen molar-refractivity contribution in [2.75, 3.05) is 5.75 Å². The molecular weight excluding hydrogens is 230 g/mol. The Bertz CT molecular complexity index is 329. The fourth-order valence-electron chi connectivity index (χ4n) is 2.09. The zero-order valence-corrected chi connectivity index (χ0v) is 11.7. The van der Waals surface area contributed by atoms with Crippen LogP contribution in [0.4, 0.5) is 0 Å². The van der Waals surface area contributed by atoms with Gasteiger partial charge in [-0.3, -0.25) is 0 Å². The molecule has 96 valence electrons. The lowest BCUT2D eigenvalue weighted by molar-refractivity contribution is 0.575. The molecule has 4 heteroatoms. The molecule has 3 nitrogen and oxygen atoms in total. The molecule has 1 aliphatic heterocycles. The van der Waals surface area contributed by atoms with Gasteiger partial charge in [0.15, 0.2) is 0 Å². The maximum absolute atomic E-state index is 4.44. The number of hydrogen-bond donors (Lipinski definition) is 1. The molecule has 0 aliphatic carbocycles. The summed E-state index contributed by atoms with van der Waals surface area (Å²) >= 11 is 2.12. The Kier molecular flexibility index (Phi) is 4.92. The molecule has 1 fully saturated rings. The molecule has 0 spiro atoms. The van der Waals surface area contributed by atoms with Crippen molar-refractivity contribution in [2.45, 2.75) is 57.5 Å². The minimum absolute atomic E-state index is 0.522. The standard InChI is InChI=1S/C13H23N3S/c1-11(2)14-7-12-8-16(10-15-12)9-13-5-3-4-6-17-13/h8,10-11,13-14H,3-7,9H2,1-2H3. The molecule has 0 bridgehead atoms. The summed E-state index contributed by atoms with van der Waals surface area (Å²) in [4.78, 5) is 4.44. The van der Waals surface area contributed by atoms with E-state index in [9.17, 15) is 0 Å². The maximum Gasteiger partial charge on any atom is 0.0950 e. The number of rotatable bonds is 5. The van der Waals surface area contributed by atoms with E-state index in [4.69, 9.17) is 0 Å². The molecule has 17 heavy (non-hydrogen) atoms. The summed E-state index contributed by atoms with van der Waals surface area (Å²) in [6, 6.07) is 0.522. The zero-order valence-electron chi connectivity index (χ0n) is 10.9. The maximum atomic E-state index is 4.44. The van der Waals surface area contributed by atoms with E-state index in [0.29, 0.717) is 6.04 Å². The Labute approximate surface area is 108 Å². The lowest BCUT2D eigenvalue weighted by Crippen LogP contribution is -2.22. The number of nitrogens with one attached hydrogen (secondary N) is 1. The highest BCUT2D eigenvalue weighted by molar-refractivity contribution is 7.99. The smallest absolute Gasteiger partial charge is 0.0950 e. The molecule has 1 atom stereocenters. The fraction of sp³-hybridized carbons (Fsp3) is 0.769. The molecule has 1 aromatic rings. The van der Waals surface area contributed by atoms with Gasteiger partial charge >= 0.3 is 0 Å². The van der Waals surface area contributed by atoms with Gasteiger partial charge in [-0.2, -0.15) is 11.8 Å². The van der Waals surface area contributed by atoms with E-state index >= 15 is 0 Å². The van der Waals surface area contributed by atoms with E-state index in [1.807, 2.05) is 6.33 Å². The van der Waals surface area contributed by atoms with E-state index < -0.39 is 0 Å². The zero-order chi connectivity index (χ0) is 12.1. The highest BCUT2D eigenvalue weighted by Crippen LogP contribution is 2.26. The number of nitrogens with zero attached hydrogens (tertiary/aromatic N) is 2. The Morgan fingerprint density at radius 2 is 2.41 bits per heavy atom. The largest absolute Gasteiger partial charge is 0.336 e. The van der Waals surface area contributed by atoms with E-state index in [0.717, 1.165) is 24.0 Å². The van der Waals surface area contributed by atoms with E-state index in [1.165, 1.54) is 25.0 Å². The molecule has 2 rings (SSSR count). The number of thioether (sulfide) groups is 1. The minimum Gasteiger partial charge on any atom is -0.336 e. The molecule has 0 saturated carbocycles. The third kappa shape index (κ3) is 4.36. The molecular formula is C13H23N3S. The molecule has 1 unspecified atom stereocenters. The van der Waals surface area contributed by atoms with Crippen LogP contribution in [0, 0.1) is 0 Å². The Morgan fingerprint density at radius 3 is 3.12 bits per heavy atom. The van der Waals surface area contributed by atoms with Crippen LogP contribution in [-0.2, 0) is 13.1 Å². The SMILES string of the molecule is CC(C)NCc1cn(CC2CCCCS2)cn1. The first-order valence-electron chi connectivity index (χ1n) is 6.59. The van der Waals surface area contributed by atoms with Crippen LogP contribution in [0.2, 0.25) is 0 Å². The first-order chi connectivity index (χ1) is 8.24. The normalized spacial score (nSPS) is 21.0. The summed E-state index contributed by atoms with van der Waals surface area (Å²) in [5, 5.41) is 4.19. The molecule has 2 heterocycles. The summed E-state index contributed by atoms with van der Waals surface area (Å²) in [7, 11) is 0. The highest BCUT2D eigenvalue weighted by atomic mass is 32.2. The Balaban J connectivity index is 1.80. The van der Waals surface area contributed by atoms with Gasteiger partial charge in [0.05, 0.1) is 12.0 Å². The molecule has 1 aromatic heterocycles. The van der Waals surface area contributed by atoms with Gasteiger partial charge in [0, 0.05) is 30.6 Å². The van der Waals surface area contributed by atoms with Gasteiger partial charge in [-0.05, 0) is 18.6 Å². The number of aromatic nitrogens is 2. The van der Waals surface area contributed by atoms with Crippen molar-refractivity contribution in [3.63, 3.8) is 0 Å². The highest BCUT2D eigenvalue weighted by Gasteiger charge is 2.14. The van der Waals surface area contributed by atoms with Crippen molar-refractivity contribution >= 4 is 11.8 Å². The molecule has 0 radical (unpaired) electrons. The predicted octanol–water partition coefficient (Wildman–Crippen LogP) is 2.67. The van der Waals surface area contributed by atoms with Gasteiger partial charge in [-0.15, -0.1) is 0 Å². The topological polar surface area (TPSA) is 29.9 Å². The predicted molar refractivity (Wildman–Crippen MR) is 74.3 cm³/mol. The van der Waals surface area contributed by atoms with Crippen LogP contribution in [0.5, 0.6) is 0 Å². The van der Waals surface area contributed by atoms with E-state index in [1.54, 1.807) is 0 Å². The molecule has 1 aliphatic rings. The van der Waals surface area contributed by atoms with Crippen LogP contribution in [0.1, 0.15) is 38.8 Å². The van der Waals surface area contributed by atoms with Gasteiger partial charge in [0.1, 0.15) is 0 Å². The monoisotopic (exact) mass is 253 g/mol. The summed E-state index contributed by atoms with van der Waals surface area (Å²) in [6.07, 6.45) is 8.32. The number of hydrogen-bond acceptors (Lipinski definition) is 3. The molecule has 1 saturated heterocycles. The quantitative estimate of drug-likeness (QED) is 0.875. The Hall–Kier alpha value is -0.480. The van der Waals surface area contributed by atoms with Crippen molar-refractivity contribution in [1.29, 1.82) is 0 Å². The minimum atomic E-state index is 0.522. The average Bonchev–Trinajstić information content (AvgIpc) is 2.75. The van der Waals surface area contributed by atoms with Crippen LogP contribution in [-0.4, -0.2) is 26.6 Å². The van der Waals surface area contributed by atoms with Gasteiger partial charge < -0.3 is 9.88 Å². The molecule has 0 aromatic carbocycles. The van der Waals surface area contributed by atoms with Crippen molar-refractivity contribution in [2.24, 2.45) is 0 Å².